The maximum absolute atomic E-state index is 9.10. The number of hydrogen-bond donors (Lipinski definition) is 2. The van der Waals surface area contributed by atoms with Crippen LogP contribution in [-0.2, 0) is 9.47 Å². The van der Waals surface area contributed by atoms with Crippen LogP contribution in [0.2, 0.25) is 0 Å². The van der Waals surface area contributed by atoms with Crippen LogP contribution in [0.1, 0.15) is 0 Å². The summed E-state index contributed by atoms with van der Waals surface area (Å²) < 4.78 is 10.1. The number of aliphatic hydroxyl groups is 2. The van der Waals surface area contributed by atoms with Crippen LogP contribution in [0, 0.1) is 0 Å². The van der Waals surface area contributed by atoms with E-state index < -0.39 is 6.10 Å². The smallest absolute Gasteiger partial charge is 0.115 e. The maximum Gasteiger partial charge on any atom is 0.115 e. The fourth-order valence-electron chi connectivity index (χ4n) is 1.31. The molecular weight excluding hydrogens is 136 g/mol. The molecule has 10 heavy (non-hydrogen) atoms. The van der Waals surface area contributed by atoms with Gasteiger partial charge in [-0.25, -0.2) is 0 Å². The summed E-state index contributed by atoms with van der Waals surface area (Å²) >= 11 is 0. The first-order chi connectivity index (χ1) is 4.83. The summed E-state index contributed by atoms with van der Waals surface area (Å²) in [7, 11) is 0. The van der Waals surface area contributed by atoms with Crippen molar-refractivity contribution in [2.24, 2.45) is 0 Å². The normalized spacial score (nSPS) is 52.2. The molecule has 2 N–H and O–H groups in total. The molecule has 4 nitrogen and oxygen atoms in total. The van der Waals surface area contributed by atoms with Crippen LogP contribution >= 0.6 is 0 Å². The van der Waals surface area contributed by atoms with E-state index in [1.54, 1.807) is 0 Å². The van der Waals surface area contributed by atoms with Gasteiger partial charge in [0.15, 0.2) is 0 Å². The van der Waals surface area contributed by atoms with Crippen LogP contribution in [0.15, 0.2) is 0 Å². The van der Waals surface area contributed by atoms with Gasteiger partial charge in [-0.2, -0.15) is 0 Å². The molecule has 0 spiro atoms. The Hall–Kier alpha value is -0.160. The summed E-state index contributed by atoms with van der Waals surface area (Å²) in [4.78, 5) is 0. The van der Waals surface area contributed by atoms with E-state index in [-0.39, 0.29) is 31.5 Å². The van der Waals surface area contributed by atoms with Crippen molar-refractivity contribution in [3.05, 3.63) is 0 Å². The number of ether oxygens (including phenoxy) is 2. The summed E-state index contributed by atoms with van der Waals surface area (Å²) in [6.07, 6.45) is -0.846. The van der Waals surface area contributed by atoms with Crippen LogP contribution in [0.25, 0.3) is 0 Å². The van der Waals surface area contributed by atoms with E-state index >= 15 is 0 Å². The van der Waals surface area contributed by atoms with Crippen molar-refractivity contribution in [2.45, 2.75) is 24.4 Å². The minimum atomic E-state index is -0.493. The summed E-state index contributed by atoms with van der Waals surface area (Å²) in [5.41, 5.74) is 0. The third-order valence-electron chi connectivity index (χ3n) is 1.97. The molecular formula is C6H10O4. The van der Waals surface area contributed by atoms with Gasteiger partial charge in [-0.1, -0.05) is 0 Å². The highest BCUT2D eigenvalue weighted by Gasteiger charge is 2.53. The first-order valence-electron chi connectivity index (χ1n) is 3.39. The van der Waals surface area contributed by atoms with Gasteiger partial charge >= 0.3 is 0 Å². The molecule has 0 saturated carbocycles. The Morgan fingerprint density at radius 2 is 2.20 bits per heavy atom. The molecule has 2 saturated heterocycles. The van der Waals surface area contributed by atoms with Crippen molar-refractivity contribution in [2.75, 3.05) is 13.2 Å². The Balaban J connectivity index is 1.95. The standard InChI is InChI=1S/C6H10O4/c7-1-4-6-5(10-6)3(8)2-9-4/h3-8H,1-2H2/t3?,4?,5?,6-/m0/s1. The molecule has 4 heteroatoms. The van der Waals surface area contributed by atoms with Crippen molar-refractivity contribution < 1.29 is 19.7 Å². The zero-order chi connectivity index (χ0) is 7.14. The second-order valence-electron chi connectivity index (χ2n) is 2.69. The maximum atomic E-state index is 9.10. The van der Waals surface area contributed by atoms with Crippen molar-refractivity contribution >= 4 is 0 Å². The molecule has 0 bridgehead atoms. The number of fused-ring (bicyclic) bond motifs is 1. The Morgan fingerprint density at radius 1 is 1.40 bits per heavy atom. The van der Waals surface area contributed by atoms with E-state index in [4.69, 9.17) is 19.7 Å². The van der Waals surface area contributed by atoms with Crippen molar-refractivity contribution in [1.82, 2.24) is 0 Å². The minimum absolute atomic E-state index is 0.0200. The van der Waals surface area contributed by atoms with Crippen LogP contribution < -0.4 is 0 Å². The Bertz CT molecular complexity index is 138. The molecule has 4 atom stereocenters. The van der Waals surface area contributed by atoms with Crippen molar-refractivity contribution in [3.8, 4) is 0 Å². The first kappa shape index (κ1) is 6.54. The zero-order valence-corrected chi connectivity index (χ0v) is 5.43. The van der Waals surface area contributed by atoms with Gasteiger partial charge in [-0.05, 0) is 0 Å². The molecule has 2 aliphatic heterocycles. The fourth-order valence-corrected chi connectivity index (χ4v) is 1.31. The van der Waals surface area contributed by atoms with E-state index in [0.717, 1.165) is 0 Å². The predicted octanol–water partition coefficient (Wildman–Crippen LogP) is -1.49. The lowest BCUT2D eigenvalue weighted by molar-refractivity contribution is -0.0554. The number of hydrogen-bond acceptors (Lipinski definition) is 4. The number of aliphatic hydroxyl groups excluding tert-OH is 2. The number of rotatable bonds is 1. The van der Waals surface area contributed by atoms with E-state index in [9.17, 15) is 0 Å². The van der Waals surface area contributed by atoms with E-state index in [1.807, 2.05) is 0 Å². The molecule has 0 aliphatic carbocycles. The van der Waals surface area contributed by atoms with Gasteiger partial charge in [-0.3, -0.25) is 0 Å². The fraction of sp³-hybridized carbons (Fsp3) is 1.00. The van der Waals surface area contributed by atoms with Crippen molar-refractivity contribution in [1.29, 1.82) is 0 Å². The second kappa shape index (κ2) is 2.17. The third-order valence-corrected chi connectivity index (χ3v) is 1.97. The minimum Gasteiger partial charge on any atom is -0.394 e. The van der Waals surface area contributed by atoms with Gasteiger partial charge in [0.2, 0.25) is 0 Å². The molecule has 0 aromatic carbocycles. The molecule has 2 fully saturated rings. The molecule has 0 aromatic heterocycles. The van der Waals surface area contributed by atoms with Crippen LogP contribution in [0.4, 0.5) is 0 Å². The molecule has 58 valence electrons. The van der Waals surface area contributed by atoms with Gasteiger partial charge in [0.05, 0.1) is 13.2 Å². The Kier molecular flexibility index (Phi) is 1.42. The topological polar surface area (TPSA) is 62.2 Å². The highest BCUT2D eigenvalue weighted by molar-refractivity contribution is 4.99. The second-order valence-corrected chi connectivity index (χ2v) is 2.69. The average Bonchev–Trinajstić information content (AvgIpc) is 2.68. The quantitative estimate of drug-likeness (QED) is 0.442. The monoisotopic (exact) mass is 146 g/mol. The van der Waals surface area contributed by atoms with Gasteiger partial charge in [0.1, 0.15) is 24.4 Å². The summed E-state index contributed by atoms with van der Waals surface area (Å²) in [6.45, 7) is 0.264. The highest BCUT2D eigenvalue weighted by atomic mass is 16.7. The number of epoxide rings is 1. The lowest BCUT2D eigenvalue weighted by atomic mass is 10.1. The van der Waals surface area contributed by atoms with Gasteiger partial charge in [0, 0.05) is 0 Å². The van der Waals surface area contributed by atoms with Gasteiger partial charge < -0.3 is 19.7 Å². The zero-order valence-electron chi connectivity index (χ0n) is 5.43. The van der Waals surface area contributed by atoms with Crippen LogP contribution in [-0.4, -0.2) is 47.8 Å². The Labute approximate surface area is 58.4 Å². The molecule has 2 rings (SSSR count). The summed E-state index contributed by atoms with van der Waals surface area (Å²) in [5.74, 6) is 0. The lowest BCUT2D eigenvalue weighted by Crippen LogP contribution is -2.38. The van der Waals surface area contributed by atoms with Crippen molar-refractivity contribution in [3.63, 3.8) is 0 Å². The van der Waals surface area contributed by atoms with E-state index in [2.05, 4.69) is 0 Å². The van der Waals surface area contributed by atoms with E-state index in [1.165, 1.54) is 0 Å². The first-order valence-corrected chi connectivity index (χ1v) is 3.39. The summed E-state index contributed by atoms with van der Waals surface area (Å²) in [6, 6.07) is 0. The molecule has 0 radical (unpaired) electrons. The molecule has 0 aromatic rings. The molecule has 0 amide bonds. The molecule has 3 unspecified atom stereocenters. The predicted molar refractivity (Wildman–Crippen MR) is 31.5 cm³/mol. The lowest BCUT2D eigenvalue weighted by Gasteiger charge is -2.20. The SMILES string of the molecule is OCC1OCC(O)C2O[C@@H]12. The largest absolute Gasteiger partial charge is 0.394 e. The Morgan fingerprint density at radius 3 is 2.90 bits per heavy atom. The van der Waals surface area contributed by atoms with Gasteiger partial charge in [-0.15, -0.1) is 0 Å². The van der Waals surface area contributed by atoms with Crippen LogP contribution in [0.3, 0.4) is 0 Å². The van der Waals surface area contributed by atoms with Gasteiger partial charge in [0.25, 0.3) is 0 Å². The highest BCUT2D eigenvalue weighted by Crippen LogP contribution is 2.33. The summed E-state index contributed by atoms with van der Waals surface area (Å²) in [5, 5.41) is 17.8. The third kappa shape index (κ3) is 0.845. The molecule has 2 aliphatic rings. The average molecular weight is 146 g/mol. The molecule has 2 heterocycles. The van der Waals surface area contributed by atoms with E-state index in [0.29, 0.717) is 0 Å². The van der Waals surface area contributed by atoms with Crippen LogP contribution in [0.5, 0.6) is 0 Å².